The first-order valence-corrected chi connectivity index (χ1v) is 10.3. The minimum Gasteiger partial charge on any atom is -0.383 e. The van der Waals surface area contributed by atoms with Crippen LogP contribution in [-0.4, -0.2) is 21.0 Å². The Balaban J connectivity index is 2.05. The predicted molar refractivity (Wildman–Crippen MR) is 104 cm³/mol. The second kappa shape index (κ2) is 9.02. The van der Waals surface area contributed by atoms with Crippen molar-refractivity contribution in [2.24, 2.45) is 0 Å². The quantitative estimate of drug-likeness (QED) is 0.703. The summed E-state index contributed by atoms with van der Waals surface area (Å²) in [6, 6.07) is 14.9. The van der Waals surface area contributed by atoms with Gasteiger partial charge in [-0.05, 0) is 44.5 Å². The molecule has 2 aromatic rings. The second-order valence-corrected chi connectivity index (χ2v) is 8.23. The predicted octanol–water partition coefficient (Wildman–Crippen LogP) is 4.25. The minimum absolute atomic E-state index is 0.146. The molecule has 4 nitrogen and oxygen atoms in total. The van der Waals surface area contributed by atoms with Gasteiger partial charge >= 0.3 is 0 Å². The van der Waals surface area contributed by atoms with E-state index in [2.05, 4.69) is 17.0 Å². The summed E-state index contributed by atoms with van der Waals surface area (Å²) in [5, 5.41) is 3.34. The molecule has 1 unspecified atom stereocenters. The topological polar surface area (TPSA) is 58.2 Å². The standard InChI is InChI=1S/C20H28N2O2S/c1-4-5-6-19(15-21-18-11-7-16(2)8-12-18)22-25(23,24)20-13-9-17(3)10-14-20/h7-14,19,21-22H,4-6,15H2,1-3H3. The number of hydrogen-bond acceptors (Lipinski definition) is 3. The average molecular weight is 361 g/mol. The van der Waals surface area contributed by atoms with E-state index in [4.69, 9.17) is 0 Å². The van der Waals surface area contributed by atoms with E-state index in [1.807, 2.05) is 50.2 Å². The van der Waals surface area contributed by atoms with E-state index in [1.165, 1.54) is 5.56 Å². The number of hydrogen-bond donors (Lipinski definition) is 2. The van der Waals surface area contributed by atoms with Crippen LogP contribution in [0.3, 0.4) is 0 Å². The zero-order valence-electron chi connectivity index (χ0n) is 15.2. The highest BCUT2D eigenvalue weighted by atomic mass is 32.2. The van der Waals surface area contributed by atoms with Crippen molar-refractivity contribution in [1.82, 2.24) is 4.72 Å². The summed E-state index contributed by atoms with van der Waals surface area (Å²) in [7, 11) is -3.51. The number of sulfonamides is 1. The maximum absolute atomic E-state index is 12.6. The van der Waals surface area contributed by atoms with Crippen molar-refractivity contribution in [3.05, 3.63) is 59.7 Å². The number of unbranched alkanes of at least 4 members (excludes halogenated alkanes) is 1. The van der Waals surface area contributed by atoms with Crippen molar-refractivity contribution in [1.29, 1.82) is 0 Å². The molecule has 2 rings (SSSR count). The van der Waals surface area contributed by atoms with Crippen LogP contribution in [0.15, 0.2) is 53.4 Å². The van der Waals surface area contributed by atoms with E-state index in [-0.39, 0.29) is 6.04 Å². The van der Waals surface area contributed by atoms with Gasteiger partial charge < -0.3 is 5.32 Å². The molecule has 0 spiro atoms. The fourth-order valence-corrected chi connectivity index (χ4v) is 3.84. The zero-order chi connectivity index (χ0) is 18.3. The molecule has 1 atom stereocenters. The van der Waals surface area contributed by atoms with Gasteiger partial charge in [-0.25, -0.2) is 13.1 Å². The molecule has 0 aliphatic rings. The summed E-state index contributed by atoms with van der Waals surface area (Å²) in [4.78, 5) is 0.315. The maximum Gasteiger partial charge on any atom is 0.240 e. The lowest BCUT2D eigenvalue weighted by molar-refractivity contribution is 0.523. The molecule has 0 heterocycles. The van der Waals surface area contributed by atoms with Crippen molar-refractivity contribution in [2.45, 2.75) is 51.0 Å². The first kappa shape index (κ1) is 19.5. The molecule has 0 radical (unpaired) electrons. The lowest BCUT2D eigenvalue weighted by atomic mass is 10.1. The molecule has 0 aliphatic heterocycles. The molecule has 0 aromatic heterocycles. The van der Waals surface area contributed by atoms with Crippen LogP contribution in [-0.2, 0) is 10.0 Å². The van der Waals surface area contributed by atoms with Crippen molar-refractivity contribution >= 4 is 15.7 Å². The largest absolute Gasteiger partial charge is 0.383 e. The van der Waals surface area contributed by atoms with E-state index in [1.54, 1.807) is 12.1 Å². The van der Waals surface area contributed by atoms with Gasteiger partial charge in [0.25, 0.3) is 0 Å². The Morgan fingerprint density at radius 1 is 0.920 bits per heavy atom. The Morgan fingerprint density at radius 2 is 1.48 bits per heavy atom. The van der Waals surface area contributed by atoms with Gasteiger partial charge in [-0.1, -0.05) is 55.2 Å². The molecule has 0 aliphatic carbocycles. The smallest absolute Gasteiger partial charge is 0.240 e. The van der Waals surface area contributed by atoms with E-state index in [9.17, 15) is 8.42 Å². The fraction of sp³-hybridized carbons (Fsp3) is 0.400. The average Bonchev–Trinajstić information content (AvgIpc) is 2.59. The highest BCUT2D eigenvalue weighted by molar-refractivity contribution is 7.89. The van der Waals surface area contributed by atoms with Crippen LogP contribution in [0.2, 0.25) is 0 Å². The van der Waals surface area contributed by atoms with Gasteiger partial charge in [0.15, 0.2) is 0 Å². The number of aryl methyl sites for hydroxylation is 2. The molecule has 25 heavy (non-hydrogen) atoms. The van der Waals surface area contributed by atoms with Crippen LogP contribution in [0.5, 0.6) is 0 Å². The molecule has 0 bridgehead atoms. The van der Waals surface area contributed by atoms with Gasteiger partial charge in [-0.2, -0.15) is 0 Å². The number of benzene rings is 2. The molecular formula is C20H28N2O2S. The molecular weight excluding hydrogens is 332 g/mol. The lowest BCUT2D eigenvalue weighted by Crippen LogP contribution is -2.39. The normalized spacial score (nSPS) is 12.8. The van der Waals surface area contributed by atoms with Gasteiger partial charge in [0.05, 0.1) is 4.90 Å². The Kier molecular flexibility index (Phi) is 7.02. The third-order valence-corrected chi connectivity index (χ3v) is 5.70. The van der Waals surface area contributed by atoms with Crippen molar-refractivity contribution in [3.8, 4) is 0 Å². The Hall–Kier alpha value is -1.85. The molecule has 0 saturated heterocycles. The zero-order valence-corrected chi connectivity index (χ0v) is 16.1. The number of anilines is 1. The van der Waals surface area contributed by atoms with Crippen molar-refractivity contribution in [3.63, 3.8) is 0 Å². The van der Waals surface area contributed by atoms with Crippen LogP contribution in [0.1, 0.15) is 37.3 Å². The van der Waals surface area contributed by atoms with Gasteiger partial charge in [-0.15, -0.1) is 0 Å². The second-order valence-electron chi connectivity index (χ2n) is 6.52. The summed E-state index contributed by atoms with van der Waals surface area (Å²) in [6.45, 7) is 6.66. The summed E-state index contributed by atoms with van der Waals surface area (Å²) in [6.07, 6.45) is 2.82. The lowest BCUT2D eigenvalue weighted by Gasteiger charge is -2.20. The number of nitrogens with one attached hydrogen (secondary N) is 2. The van der Waals surface area contributed by atoms with Crippen LogP contribution < -0.4 is 10.0 Å². The van der Waals surface area contributed by atoms with Crippen LogP contribution in [0.4, 0.5) is 5.69 Å². The monoisotopic (exact) mass is 360 g/mol. The summed E-state index contributed by atoms with van der Waals surface area (Å²) in [5.74, 6) is 0. The molecule has 0 amide bonds. The van der Waals surface area contributed by atoms with E-state index >= 15 is 0 Å². The Morgan fingerprint density at radius 3 is 2.04 bits per heavy atom. The van der Waals surface area contributed by atoms with Gasteiger partial charge in [0.1, 0.15) is 0 Å². The van der Waals surface area contributed by atoms with Crippen molar-refractivity contribution in [2.75, 3.05) is 11.9 Å². The van der Waals surface area contributed by atoms with Gasteiger partial charge in [-0.3, -0.25) is 0 Å². The van der Waals surface area contributed by atoms with Crippen molar-refractivity contribution < 1.29 is 8.42 Å². The highest BCUT2D eigenvalue weighted by Gasteiger charge is 2.19. The van der Waals surface area contributed by atoms with E-state index < -0.39 is 10.0 Å². The third kappa shape index (κ3) is 6.18. The molecule has 0 fully saturated rings. The summed E-state index contributed by atoms with van der Waals surface area (Å²) < 4.78 is 28.1. The molecule has 2 aromatic carbocycles. The first-order chi connectivity index (χ1) is 11.9. The SMILES string of the molecule is CCCCC(CNc1ccc(C)cc1)NS(=O)(=O)c1ccc(C)cc1. The third-order valence-electron chi connectivity index (χ3n) is 4.16. The minimum atomic E-state index is -3.51. The van der Waals surface area contributed by atoms with Crippen LogP contribution in [0, 0.1) is 13.8 Å². The number of rotatable bonds is 9. The Labute approximate surface area is 151 Å². The maximum atomic E-state index is 12.6. The fourth-order valence-electron chi connectivity index (χ4n) is 2.57. The highest BCUT2D eigenvalue weighted by Crippen LogP contribution is 2.14. The van der Waals surface area contributed by atoms with Gasteiger partial charge in [0.2, 0.25) is 10.0 Å². The van der Waals surface area contributed by atoms with E-state index in [0.29, 0.717) is 11.4 Å². The molecule has 5 heteroatoms. The molecule has 136 valence electrons. The van der Waals surface area contributed by atoms with Crippen LogP contribution >= 0.6 is 0 Å². The summed E-state index contributed by atoms with van der Waals surface area (Å²) >= 11 is 0. The molecule has 2 N–H and O–H groups in total. The molecule has 0 saturated carbocycles. The van der Waals surface area contributed by atoms with Gasteiger partial charge in [0, 0.05) is 18.3 Å². The first-order valence-electron chi connectivity index (χ1n) is 8.80. The summed E-state index contributed by atoms with van der Waals surface area (Å²) in [5.41, 5.74) is 3.25. The van der Waals surface area contributed by atoms with Crippen LogP contribution in [0.25, 0.3) is 0 Å². The van der Waals surface area contributed by atoms with E-state index in [0.717, 1.165) is 30.5 Å². The Bertz CT molecular complexity index is 753.